The summed E-state index contributed by atoms with van der Waals surface area (Å²) in [5.74, 6) is 1.01. The fourth-order valence-corrected chi connectivity index (χ4v) is 3.62. The number of H-pyrrole nitrogens is 2. The number of benzene rings is 2. The summed E-state index contributed by atoms with van der Waals surface area (Å²) in [5.41, 5.74) is 6.58. The molecule has 2 nitrogen and oxygen atoms in total. The van der Waals surface area contributed by atoms with Crippen LogP contribution in [0.1, 0.15) is 49.4 Å². The molecule has 0 amide bonds. The number of nitrogens with one attached hydrogen (secondary N) is 2. The molecule has 0 saturated carbocycles. The van der Waals surface area contributed by atoms with Gasteiger partial charge in [-0.2, -0.15) is 0 Å². The summed E-state index contributed by atoms with van der Waals surface area (Å²) in [7, 11) is 0. The lowest BCUT2D eigenvalue weighted by Crippen LogP contribution is -1.99. The first-order valence-electron chi connectivity index (χ1n) is 8.79. The van der Waals surface area contributed by atoms with Gasteiger partial charge in [0.1, 0.15) is 0 Å². The first kappa shape index (κ1) is 15.1. The van der Waals surface area contributed by atoms with Crippen LogP contribution in [0.25, 0.3) is 21.8 Å². The smallest absolute Gasteiger partial charge is 0.0457 e. The first-order chi connectivity index (χ1) is 11.6. The topological polar surface area (TPSA) is 31.6 Å². The van der Waals surface area contributed by atoms with Gasteiger partial charge in [0.2, 0.25) is 0 Å². The number of aromatic amines is 2. The lowest BCUT2D eigenvalue weighted by molar-refractivity contribution is 0.739. The van der Waals surface area contributed by atoms with E-state index < -0.39 is 0 Å². The number of aromatic nitrogens is 2. The van der Waals surface area contributed by atoms with Gasteiger partial charge in [-0.15, -0.1) is 0 Å². The van der Waals surface area contributed by atoms with E-state index in [1.165, 1.54) is 38.6 Å². The summed E-state index contributed by atoms with van der Waals surface area (Å²) in [5, 5.41) is 2.66. The third-order valence-electron chi connectivity index (χ3n) is 5.02. The van der Waals surface area contributed by atoms with Crippen LogP contribution < -0.4 is 0 Å². The zero-order valence-electron chi connectivity index (χ0n) is 14.6. The number of fused-ring (bicyclic) bond motifs is 2. The quantitative estimate of drug-likeness (QED) is 0.454. The maximum Gasteiger partial charge on any atom is 0.0457 e. The van der Waals surface area contributed by atoms with Crippen molar-refractivity contribution in [3.8, 4) is 0 Å². The largest absolute Gasteiger partial charge is 0.361 e. The van der Waals surface area contributed by atoms with Gasteiger partial charge in [0.05, 0.1) is 0 Å². The van der Waals surface area contributed by atoms with Crippen molar-refractivity contribution < 1.29 is 0 Å². The standard InChI is InChI=1S/C22H24N2/c1-14(2)19-13-23-21-9-8-16(11-18(19)21)10-15(3)22-12-17-6-4-5-7-20(17)24-22/h4-9,11-15,23-24H,10H2,1-3H3. The van der Waals surface area contributed by atoms with Crippen LogP contribution in [-0.4, -0.2) is 9.97 Å². The number of hydrogen-bond donors (Lipinski definition) is 2. The molecule has 0 saturated heterocycles. The van der Waals surface area contributed by atoms with Crippen LogP contribution in [0.3, 0.4) is 0 Å². The molecule has 2 aromatic carbocycles. The highest BCUT2D eigenvalue weighted by atomic mass is 14.7. The first-order valence-corrected chi connectivity index (χ1v) is 8.79. The van der Waals surface area contributed by atoms with E-state index in [0.717, 1.165) is 6.42 Å². The Morgan fingerprint density at radius 1 is 0.917 bits per heavy atom. The fraction of sp³-hybridized carbons (Fsp3) is 0.273. The SMILES string of the molecule is CC(C)c1c[nH]c2ccc(CC(C)c3cc4ccccc4[nH]3)cc12. The monoisotopic (exact) mass is 316 g/mol. The predicted molar refractivity (Wildman–Crippen MR) is 103 cm³/mol. The van der Waals surface area contributed by atoms with Gasteiger partial charge >= 0.3 is 0 Å². The molecule has 0 fully saturated rings. The van der Waals surface area contributed by atoms with Crippen molar-refractivity contribution in [1.82, 2.24) is 9.97 Å². The fourth-order valence-electron chi connectivity index (χ4n) is 3.62. The second-order valence-corrected chi connectivity index (χ2v) is 7.20. The van der Waals surface area contributed by atoms with Gasteiger partial charge in [0, 0.05) is 34.2 Å². The molecule has 2 aromatic heterocycles. The van der Waals surface area contributed by atoms with Gasteiger partial charge in [-0.25, -0.2) is 0 Å². The molecule has 0 spiro atoms. The lowest BCUT2D eigenvalue weighted by atomic mass is 9.95. The highest BCUT2D eigenvalue weighted by Gasteiger charge is 2.12. The zero-order valence-corrected chi connectivity index (χ0v) is 14.6. The molecule has 2 heteroatoms. The molecule has 0 aliphatic carbocycles. The molecule has 0 aliphatic heterocycles. The second-order valence-electron chi connectivity index (χ2n) is 7.20. The molecule has 0 radical (unpaired) electrons. The minimum Gasteiger partial charge on any atom is -0.361 e. The van der Waals surface area contributed by atoms with E-state index in [9.17, 15) is 0 Å². The van der Waals surface area contributed by atoms with Crippen molar-refractivity contribution in [2.24, 2.45) is 0 Å². The third-order valence-corrected chi connectivity index (χ3v) is 5.02. The Morgan fingerprint density at radius 2 is 1.75 bits per heavy atom. The average Bonchev–Trinajstić information content (AvgIpc) is 3.18. The third kappa shape index (κ3) is 2.62. The van der Waals surface area contributed by atoms with E-state index in [2.05, 4.69) is 85.5 Å². The van der Waals surface area contributed by atoms with Gasteiger partial charge in [-0.05, 0) is 53.1 Å². The minimum atomic E-state index is 0.469. The van der Waals surface area contributed by atoms with E-state index in [1.807, 2.05) is 0 Å². The minimum absolute atomic E-state index is 0.469. The van der Waals surface area contributed by atoms with Crippen LogP contribution >= 0.6 is 0 Å². The number of rotatable bonds is 4. The van der Waals surface area contributed by atoms with E-state index in [-0.39, 0.29) is 0 Å². The Balaban J connectivity index is 1.64. The summed E-state index contributed by atoms with van der Waals surface area (Å²) in [6.45, 7) is 6.81. The molecule has 2 N–H and O–H groups in total. The van der Waals surface area contributed by atoms with Crippen LogP contribution in [0.5, 0.6) is 0 Å². The summed E-state index contributed by atoms with van der Waals surface area (Å²) in [6.07, 6.45) is 3.20. The molecular formula is C22H24N2. The van der Waals surface area contributed by atoms with Crippen molar-refractivity contribution in [2.75, 3.05) is 0 Å². The maximum absolute atomic E-state index is 3.57. The van der Waals surface area contributed by atoms with Crippen molar-refractivity contribution in [2.45, 2.75) is 39.0 Å². The van der Waals surface area contributed by atoms with Gasteiger partial charge in [0.25, 0.3) is 0 Å². The van der Waals surface area contributed by atoms with Gasteiger partial charge in [0.15, 0.2) is 0 Å². The molecule has 1 unspecified atom stereocenters. The Bertz CT molecular complexity index is 954. The highest BCUT2D eigenvalue weighted by molar-refractivity contribution is 5.84. The van der Waals surface area contributed by atoms with Crippen molar-refractivity contribution in [1.29, 1.82) is 0 Å². The molecule has 4 rings (SSSR count). The van der Waals surface area contributed by atoms with E-state index in [0.29, 0.717) is 11.8 Å². The summed E-state index contributed by atoms with van der Waals surface area (Å²) in [4.78, 5) is 6.96. The van der Waals surface area contributed by atoms with Crippen LogP contribution in [-0.2, 0) is 6.42 Å². The van der Waals surface area contributed by atoms with Gasteiger partial charge in [-0.1, -0.05) is 45.0 Å². The van der Waals surface area contributed by atoms with Crippen LogP contribution in [0.2, 0.25) is 0 Å². The average molecular weight is 316 g/mol. The molecule has 0 aliphatic rings. The van der Waals surface area contributed by atoms with Crippen LogP contribution in [0.15, 0.2) is 54.7 Å². The number of para-hydroxylation sites is 1. The van der Waals surface area contributed by atoms with E-state index in [1.54, 1.807) is 0 Å². The molecule has 122 valence electrons. The van der Waals surface area contributed by atoms with Crippen molar-refractivity contribution in [3.05, 3.63) is 71.5 Å². The second kappa shape index (κ2) is 5.86. The summed E-state index contributed by atoms with van der Waals surface area (Å²) >= 11 is 0. The zero-order chi connectivity index (χ0) is 16.7. The van der Waals surface area contributed by atoms with Crippen molar-refractivity contribution in [3.63, 3.8) is 0 Å². The summed E-state index contributed by atoms with van der Waals surface area (Å²) in [6, 6.07) is 17.6. The molecule has 0 bridgehead atoms. The molecule has 1 atom stereocenters. The van der Waals surface area contributed by atoms with Crippen LogP contribution in [0, 0.1) is 0 Å². The molecule has 24 heavy (non-hydrogen) atoms. The van der Waals surface area contributed by atoms with Crippen molar-refractivity contribution >= 4 is 21.8 Å². The summed E-state index contributed by atoms with van der Waals surface area (Å²) < 4.78 is 0. The van der Waals surface area contributed by atoms with E-state index in [4.69, 9.17) is 0 Å². The van der Waals surface area contributed by atoms with Crippen LogP contribution in [0.4, 0.5) is 0 Å². The lowest BCUT2D eigenvalue weighted by Gasteiger charge is -2.11. The Hall–Kier alpha value is -2.48. The normalized spacial score (nSPS) is 13.2. The Morgan fingerprint density at radius 3 is 2.54 bits per heavy atom. The molecule has 4 aromatic rings. The number of hydrogen-bond acceptors (Lipinski definition) is 0. The Kier molecular flexibility index (Phi) is 3.68. The molecular weight excluding hydrogens is 292 g/mol. The van der Waals surface area contributed by atoms with E-state index >= 15 is 0 Å². The van der Waals surface area contributed by atoms with Gasteiger partial charge < -0.3 is 9.97 Å². The molecule has 2 heterocycles. The predicted octanol–water partition coefficient (Wildman–Crippen LogP) is 6.12. The highest BCUT2D eigenvalue weighted by Crippen LogP contribution is 2.29. The van der Waals surface area contributed by atoms with Gasteiger partial charge in [-0.3, -0.25) is 0 Å². The Labute approximate surface area is 142 Å². The maximum atomic E-state index is 3.57.